The number of carbonyl (C=O) groups excluding carboxylic acids is 1. The molecule has 6 nitrogen and oxygen atoms in total. The van der Waals surface area contributed by atoms with Crippen molar-refractivity contribution in [3.63, 3.8) is 0 Å². The van der Waals surface area contributed by atoms with Crippen LogP contribution in [-0.4, -0.2) is 20.9 Å². The Hall–Kier alpha value is -2.02. The van der Waals surface area contributed by atoms with Gasteiger partial charge in [-0.3, -0.25) is 14.9 Å². The van der Waals surface area contributed by atoms with Crippen LogP contribution < -0.4 is 10.1 Å². The van der Waals surface area contributed by atoms with E-state index in [-0.39, 0.29) is 11.4 Å². The van der Waals surface area contributed by atoms with Crippen molar-refractivity contribution in [3.8, 4) is 5.75 Å². The largest absolute Gasteiger partial charge is 0.466 e. The van der Waals surface area contributed by atoms with Gasteiger partial charge in [0.1, 0.15) is 5.75 Å². The second kappa shape index (κ2) is 7.91. The van der Waals surface area contributed by atoms with Crippen LogP contribution in [0.15, 0.2) is 48.5 Å². The smallest absolute Gasteiger partial charge is 0.273 e. The summed E-state index contributed by atoms with van der Waals surface area (Å²) >= 11 is 17.6. The van der Waals surface area contributed by atoms with Crippen LogP contribution in [0.2, 0.25) is 0 Å². The molecule has 0 bridgehead atoms. The molecule has 132 valence electrons. The van der Waals surface area contributed by atoms with Crippen LogP contribution >= 0.6 is 34.8 Å². The van der Waals surface area contributed by atoms with Crippen LogP contribution in [0.1, 0.15) is 15.9 Å². The number of benzene rings is 2. The molecule has 0 unspecified atom stereocenters. The first-order chi connectivity index (χ1) is 11.7. The molecule has 2 aromatic rings. The summed E-state index contributed by atoms with van der Waals surface area (Å²) < 4.78 is 3.46. The van der Waals surface area contributed by atoms with E-state index in [9.17, 15) is 14.9 Å². The summed E-state index contributed by atoms with van der Waals surface area (Å²) in [4.78, 5) is 22.6. The molecule has 0 spiro atoms. The zero-order valence-electron chi connectivity index (χ0n) is 12.9. The molecule has 9 heteroatoms. The molecule has 2 aromatic carbocycles. The lowest BCUT2D eigenvalue weighted by Gasteiger charge is -2.26. The molecule has 0 aliphatic rings. The Morgan fingerprint density at radius 1 is 1.20 bits per heavy atom. The number of ether oxygens (including phenoxy) is 1. The third kappa shape index (κ3) is 5.49. The quantitative estimate of drug-likeness (QED) is 0.347. The highest BCUT2D eigenvalue weighted by molar-refractivity contribution is 6.68. The van der Waals surface area contributed by atoms with Crippen molar-refractivity contribution in [1.29, 1.82) is 0 Å². The Labute approximate surface area is 158 Å². The molecule has 0 aliphatic heterocycles. The van der Waals surface area contributed by atoms with Gasteiger partial charge in [0.25, 0.3) is 11.6 Å². The van der Waals surface area contributed by atoms with Crippen LogP contribution in [0.3, 0.4) is 0 Å². The molecule has 0 aromatic heterocycles. The van der Waals surface area contributed by atoms with Gasteiger partial charge in [-0.1, -0.05) is 58.6 Å². The average molecular weight is 404 g/mol. The second-order valence-corrected chi connectivity index (χ2v) is 7.51. The predicted molar refractivity (Wildman–Crippen MR) is 96.4 cm³/mol. The highest BCUT2D eigenvalue weighted by Gasteiger charge is 2.36. The number of rotatable bonds is 5. The number of halogens is 3. The molecule has 0 fully saturated rings. The van der Waals surface area contributed by atoms with Gasteiger partial charge in [0.15, 0.2) is 0 Å². The Morgan fingerprint density at radius 2 is 1.88 bits per heavy atom. The minimum absolute atomic E-state index is 0.0788. The highest BCUT2D eigenvalue weighted by Crippen LogP contribution is 2.33. The third-order valence-corrected chi connectivity index (χ3v) is 3.72. The average Bonchev–Trinajstić information content (AvgIpc) is 2.53. The third-order valence-electron chi connectivity index (χ3n) is 3.12. The Morgan fingerprint density at radius 3 is 2.48 bits per heavy atom. The zero-order chi connectivity index (χ0) is 18.6. The standard InChI is InChI=1S/C16H13Cl3N2O4/c1-10-4-2-5-11(8-10)14(22)20-15(16(17,18)19)25-13-7-3-6-12(9-13)21(23)24/h2-9,15H,1H3,(H,20,22)/t15-/m0/s1. The summed E-state index contributed by atoms with van der Waals surface area (Å²) in [6.07, 6.45) is -1.35. The Balaban J connectivity index is 2.21. The molecular formula is C16H13Cl3N2O4. The summed E-state index contributed by atoms with van der Waals surface area (Å²) in [5.41, 5.74) is 1.06. The molecular weight excluding hydrogens is 391 g/mol. The molecule has 1 amide bonds. The molecule has 0 radical (unpaired) electrons. The van der Waals surface area contributed by atoms with E-state index >= 15 is 0 Å². The molecule has 0 aliphatic carbocycles. The van der Waals surface area contributed by atoms with Gasteiger partial charge in [-0.15, -0.1) is 0 Å². The van der Waals surface area contributed by atoms with Gasteiger partial charge in [-0.25, -0.2) is 0 Å². The number of aryl methyl sites for hydroxylation is 1. The van der Waals surface area contributed by atoms with E-state index in [0.29, 0.717) is 5.56 Å². The predicted octanol–water partition coefficient (Wildman–Crippen LogP) is 4.41. The van der Waals surface area contributed by atoms with Crippen molar-refractivity contribution in [2.24, 2.45) is 0 Å². The Kier molecular flexibility index (Phi) is 6.11. The van der Waals surface area contributed by atoms with Gasteiger partial charge in [0.05, 0.1) is 11.0 Å². The van der Waals surface area contributed by atoms with E-state index in [2.05, 4.69) is 5.32 Å². The second-order valence-electron chi connectivity index (χ2n) is 5.14. The first-order valence-corrected chi connectivity index (χ1v) is 8.15. The first-order valence-electron chi connectivity index (χ1n) is 7.02. The van der Waals surface area contributed by atoms with Crippen molar-refractivity contribution in [2.75, 3.05) is 0 Å². The highest BCUT2D eigenvalue weighted by atomic mass is 35.6. The summed E-state index contributed by atoms with van der Waals surface area (Å²) in [5, 5.41) is 13.3. The maximum Gasteiger partial charge on any atom is 0.273 e. The fraction of sp³-hybridized carbons (Fsp3) is 0.188. The molecule has 1 N–H and O–H groups in total. The first kappa shape index (κ1) is 19.3. The molecule has 0 heterocycles. The number of nitro benzene ring substituents is 1. The minimum atomic E-state index is -2.00. The van der Waals surface area contributed by atoms with E-state index in [1.165, 1.54) is 24.3 Å². The van der Waals surface area contributed by atoms with Gasteiger partial charge in [-0.2, -0.15) is 0 Å². The van der Waals surface area contributed by atoms with Crippen molar-refractivity contribution >= 4 is 46.4 Å². The van der Waals surface area contributed by atoms with Crippen molar-refractivity contribution in [1.82, 2.24) is 5.32 Å². The van der Waals surface area contributed by atoms with E-state index < -0.39 is 20.9 Å². The lowest BCUT2D eigenvalue weighted by molar-refractivity contribution is -0.384. The van der Waals surface area contributed by atoms with Crippen molar-refractivity contribution < 1.29 is 14.5 Å². The lowest BCUT2D eigenvalue weighted by Crippen LogP contribution is -2.47. The van der Waals surface area contributed by atoms with Gasteiger partial charge >= 0.3 is 0 Å². The molecule has 0 saturated heterocycles. The van der Waals surface area contributed by atoms with Crippen LogP contribution in [-0.2, 0) is 0 Å². The summed E-state index contributed by atoms with van der Waals surface area (Å²) in [6, 6.07) is 12.2. The molecule has 1 atom stereocenters. The fourth-order valence-electron chi connectivity index (χ4n) is 1.97. The normalized spacial score (nSPS) is 12.3. The van der Waals surface area contributed by atoms with Crippen molar-refractivity contribution in [2.45, 2.75) is 16.9 Å². The number of amides is 1. The van der Waals surface area contributed by atoms with Crippen LogP contribution in [0.4, 0.5) is 5.69 Å². The van der Waals surface area contributed by atoms with Gasteiger partial charge < -0.3 is 10.1 Å². The number of nitrogens with zero attached hydrogens (tertiary/aromatic N) is 1. The number of nitrogens with one attached hydrogen (secondary N) is 1. The van der Waals surface area contributed by atoms with E-state index in [1.807, 2.05) is 13.0 Å². The molecule has 0 saturated carbocycles. The number of alkyl halides is 3. The van der Waals surface area contributed by atoms with E-state index in [0.717, 1.165) is 5.56 Å². The summed E-state index contributed by atoms with van der Waals surface area (Å²) in [7, 11) is 0. The lowest BCUT2D eigenvalue weighted by atomic mass is 10.1. The van der Waals surface area contributed by atoms with Crippen LogP contribution in [0.25, 0.3) is 0 Å². The maximum absolute atomic E-state index is 12.3. The van der Waals surface area contributed by atoms with Crippen LogP contribution in [0, 0.1) is 17.0 Å². The zero-order valence-corrected chi connectivity index (χ0v) is 15.2. The van der Waals surface area contributed by atoms with E-state index in [1.54, 1.807) is 18.2 Å². The molecule has 25 heavy (non-hydrogen) atoms. The SMILES string of the molecule is Cc1cccc(C(=O)N[C@@H](Oc2cccc([N+](=O)[O-])c2)C(Cl)(Cl)Cl)c1. The summed E-state index contributed by atoms with van der Waals surface area (Å²) in [5.74, 6) is -0.430. The fourth-order valence-corrected chi connectivity index (χ4v) is 2.27. The number of hydrogen-bond donors (Lipinski definition) is 1. The minimum Gasteiger partial charge on any atom is -0.466 e. The van der Waals surface area contributed by atoms with Gasteiger partial charge in [-0.05, 0) is 25.1 Å². The van der Waals surface area contributed by atoms with Crippen LogP contribution in [0.5, 0.6) is 5.75 Å². The number of hydrogen-bond acceptors (Lipinski definition) is 4. The monoisotopic (exact) mass is 402 g/mol. The Bertz CT molecular complexity index is 793. The number of nitro groups is 1. The number of non-ortho nitro benzene ring substituents is 1. The summed E-state index contributed by atoms with van der Waals surface area (Å²) in [6.45, 7) is 1.84. The molecule has 2 rings (SSSR count). The number of carbonyl (C=O) groups is 1. The van der Waals surface area contributed by atoms with Crippen molar-refractivity contribution in [3.05, 3.63) is 69.8 Å². The van der Waals surface area contributed by atoms with Gasteiger partial charge in [0, 0.05) is 11.6 Å². The van der Waals surface area contributed by atoms with E-state index in [4.69, 9.17) is 39.5 Å². The topological polar surface area (TPSA) is 81.5 Å². The maximum atomic E-state index is 12.3. The van der Waals surface area contributed by atoms with Gasteiger partial charge in [0.2, 0.25) is 10.0 Å².